The molecule has 4 nitrogen and oxygen atoms in total. The quantitative estimate of drug-likeness (QED) is 0.802. The van der Waals surface area contributed by atoms with Crippen molar-refractivity contribution in [2.24, 2.45) is 0 Å². The van der Waals surface area contributed by atoms with Gasteiger partial charge in [0.05, 0.1) is 12.8 Å². The number of esters is 1. The van der Waals surface area contributed by atoms with Crippen LogP contribution in [0.25, 0.3) is 11.3 Å². The van der Waals surface area contributed by atoms with Gasteiger partial charge in [-0.25, -0.2) is 9.78 Å². The minimum absolute atomic E-state index is 0.192. The van der Waals surface area contributed by atoms with E-state index in [0.717, 1.165) is 5.56 Å². The molecule has 2 rings (SSSR count). The van der Waals surface area contributed by atoms with Crippen LogP contribution in [0.4, 0.5) is 0 Å². The molecule has 0 amide bonds. The Balaban J connectivity index is 2.39. The summed E-state index contributed by atoms with van der Waals surface area (Å²) < 4.78 is 4.60. The molecule has 2 aromatic rings. The van der Waals surface area contributed by atoms with E-state index in [9.17, 15) is 9.90 Å². The maximum absolute atomic E-state index is 11.3. The summed E-state index contributed by atoms with van der Waals surface area (Å²) in [5.41, 5.74) is 1.75. The minimum Gasteiger partial charge on any atom is -0.508 e. The molecule has 1 N–H and O–H groups in total. The Morgan fingerprint density at radius 1 is 1.18 bits per heavy atom. The number of rotatable bonds is 2. The molecule has 1 aromatic carbocycles. The van der Waals surface area contributed by atoms with E-state index >= 15 is 0 Å². The molecule has 17 heavy (non-hydrogen) atoms. The molecule has 0 radical (unpaired) electrons. The molecular weight excluding hydrogens is 218 g/mol. The van der Waals surface area contributed by atoms with Gasteiger partial charge in [-0.2, -0.15) is 0 Å². The van der Waals surface area contributed by atoms with Gasteiger partial charge < -0.3 is 9.84 Å². The second-order valence-corrected chi connectivity index (χ2v) is 3.45. The van der Waals surface area contributed by atoms with E-state index < -0.39 is 5.97 Å². The summed E-state index contributed by atoms with van der Waals surface area (Å²) in [5.74, 6) is -0.275. The highest BCUT2D eigenvalue weighted by Crippen LogP contribution is 2.20. The van der Waals surface area contributed by atoms with Crippen LogP contribution in [0.15, 0.2) is 42.5 Å². The van der Waals surface area contributed by atoms with Gasteiger partial charge in [0.25, 0.3) is 0 Å². The predicted molar refractivity (Wildman–Crippen MR) is 62.7 cm³/mol. The standard InChI is InChI=1S/C13H11NO3/c1-17-13(16)12-4-2-3-11(14-12)9-5-7-10(15)8-6-9/h2-8,15H,1H3. The Kier molecular flexibility index (Phi) is 3.05. The summed E-state index contributed by atoms with van der Waals surface area (Å²) in [4.78, 5) is 15.5. The second kappa shape index (κ2) is 4.65. The van der Waals surface area contributed by atoms with Gasteiger partial charge in [0.2, 0.25) is 0 Å². The Morgan fingerprint density at radius 3 is 2.53 bits per heavy atom. The lowest BCUT2D eigenvalue weighted by Gasteiger charge is -2.03. The van der Waals surface area contributed by atoms with Crippen LogP contribution in [0.3, 0.4) is 0 Å². The highest BCUT2D eigenvalue weighted by Gasteiger charge is 2.08. The molecule has 0 saturated carbocycles. The number of hydrogen-bond donors (Lipinski definition) is 1. The van der Waals surface area contributed by atoms with Crippen molar-refractivity contribution in [3.8, 4) is 17.0 Å². The molecule has 0 spiro atoms. The monoisotopic (exact) mass is 229 g/mol. The van der Waals surface area contributed by atoms with Crippen molar-refractivity contribution in [2.45, 2.75) is 0 Å². The van der Waals surface area contributed by atoms with Crippen LogP contribution < -0.4 is 0 Å². The Labute approximate surface area is 98.5 Å². The van der Waals surface area contributed by atoms with Gasteiger partial charge in [-0.15, -0.1) is 0 Å². The Morgan fingerprint density at radius 2 is 1.88 bits per heavy atom. The maximum atomic E-state index is 11.3. The lowest BCUT2D eigenvalue weighted by Crippen LogP contribution is -2.04. The third kappa shape index (κ3) is 2.42. The molecule has 0 aliphatic carbocycles. The van der Waals surface area contributed by atoms with Crippen LogP contribution in [0, 0.1) is 0 Å². The summed E-state index contributed by atoms with van der Waals surface area (Å²) in [6, 6.07) is 11.7. The van der Waals surface area contributed by atoms with Crippen molar-refractivity contribution in [3.05, 3.63) is 48.2 Å². The third-order valence-corrected chi connectivity index (χ3v) is 2.31. The summed E-state index contributed by atoms with van der Waals surface area (Å²) in [6.07, 6.45) is 0. The normalized spacial score (nSPS) is 9.94. The molecule has 0 bridgehead atoms. The van der Waals surface area contributed by atoms with Crippen LogP contribution >= 0.6 is 0 Å². The van der Waals surface area contributed by atoms with E-state index in [-0.39, 0.29) is 11.4 Å². The van der Waals surface area contributed by atoms with Crippen LogP contribution in [0.2, 0.25) is 0 Å². The maximum Gasteiger partial charge on any atom is 0.356 e. The summed E-state index contributed by atoms with van der Waals surface area (Å²) in [7, 11) is 1.32. The van der Waals surface area contributed by atoms with Gasteiger partial charge in [-0.3, -0.25) is 0 Å². The zero-order chi connectivity index (χ0) is 12.3. The minimum atomic E-state index is -0.467. The lowest BCUT2D eigenvalue weighted by atomic mass is 10.1. The van der Waals surface area contributed by atoms with E-state index in [2.05, 4.69) is 9.72 Å². The van der Waals surface area contributed by atoms with Gasteiger partial charge in [-0.1, -0.05) is 6.07 Å². The number of ether oxygens (including phenoxy) is 1. The first-order chi connectivity index (χ1) is 8.20. The highest BCUT2D eigenvalue weighted by atomic mass is 16.5. The van der Waals surface area contributed by atoms with Gasteiger partial charge in [0.1, 0.15) is 11.4 Å². The fourth-order valence-electron chi connectivity index (χ4n) is 1.45. The molecule has 0 atom stereocenters. The van der Waals surface area contributed by atoms with Gasteiger partial charge >= 0.3 is 5.97 Å². The number of methoxy groups -OCH3 is 1. The van der Waals surface area contributed by atoms with Crippen molar-refractivity contribution < 1.29 is 14.6 Å². The molecule has 86 valence electrons. The average Bonchev–Trinajstić information content (AvgIpc) is 2.39. The van der Waals surface area contributed by atoms with Crippen molar-refractivity contribution in [3.63, 3.8) is 0 Å². The molecule has 0 saturated heterocycles. The van der Waals surface area contributed by atoms with Crippen molar-refractivity contribution in [2.75, 3.05) is 7.11 Å². The van der Waals surface area contributed by atoms with Crippen LogP contribution in [-0.4, -0.2) is 23.2 Å². The summed E-state index contributed by atoms with van der Waals surface area (Å²) in [6.45, 7) is 0. The van der Waals surface area contributed by atoms with E-state index in [1.165, 1.54) is 7.11 Å². The summed E-state index contributed by atoms with van der Waals surface area (Å²) in [5, 5.41) is 9.19. The molecule has 0 aliphatic rings. The van der Waals surface area contributed by atoms with Gasteiger partial charge in [0, 0.05) is 5.56 Å². The number of phenols is 1. The molecule has 4 heteroatoms. The first kappa shape index (κ1) is 11.1. The van der Waals surface area contributed by atoms with E-state index in [1.807, 2.05) is 0 Å². The first-order valence-electron chi connectivity index (χ1n) is 5.05. The number of hydrogen-bond acceptors (Lipinski definition) is 4. The fourth-order valence-corrected chi connectivity index (χ4v) is 1.45. The number of phenolic OH excluding ortho intramolecular Hbond substituents is 1. The van der Waals surface area contributed by atoms with Crippen LogP contribution in [0.1, 0.15) is 10.5 Å². The molecular formula is C13H11NO3. The first-order valence-corrected chi connectivity index (χ1v) is 5.05. The van der Waals surface area contributed by atoms with Crippen molar-refractivity contribution >= 4 is 5.97 Å². The lowest BCUT2D eigenvalue weighted by molar-refractivity contribution is 0.0594. The molecule has 0 aliphatic heterocycles. The molecule has 0 fully saturated rings. The molecule has 0 unspecified atom stereocenters. The largest absolute Gasteiger partial charge is 0.508 e. The average molecular weight is 229 g/mol. The number of benzene rings is 1. The van der Waals surface area contributed by atoms with E-state index in [0.29, 0.717) is 5.69 Å². The van der Waals surface area contributed by atoms with Crippen molar-refractivity contribution in [1.82, 2.24) is 4.98 Å². The third-order valence-electron chi connectivity index (χ3n) is 2.31. The van der Waals surface area contributed by atoms with Gasteiger partial charge in [0.15, 0.2) is 0 Å². The Hall–Kier alpha value is -2.36. The summed E-state index contributed by atoms with van der Waals surface area (Å²) >= 11 is 0. The SMILES string of the molecule is COC(=O)c1cccc(-c2ccc(O)cc2)n1. The van der Waals surface area contributed by atoms with E-state index in [4.69, 9.17) is 0 Å². The van der Waals surface area contributed by atoms with Crippen LogP contribution in [-0.2, 0) is 4.74 Å². The number of aromatic nitrogens is 1. The molecule has 1 heterocycles. The van der Waals surface area contributed by atoms with E-state index in [1.54, 1.807) is 42.5 Å². The zero-order valence-electron chi connectivity index (χ0n) is 9.25. The zero-order valence-corrected chi connectivity index (χ0v) is 9.25. The number of carbonyl (C=O) groups is 1. The van der Waals surface area contributed by atoms with Crippen molar-refractivity contribution in [1.29, 1.82) is 0 Å². The fraction of sp³-hybridized carbons (Fsp3) is 0.0769. The Bertz CT molecular complexity index is 535. The topological polar surface area (TPSA) is 59.4 Å². The second-order valence-electron chi connectivity index (χ2n) is 3.45. The molecule has 1 aromatic heterocycles. The predicted octanol–water partition coefficient (Wildman–Crippen LogP) is 2.24. The smallest absolute Gasteiger partial charge is 0.356 e. The number of aromatic hydroxyl groups is 1. The number of pyridine rings is 1. The highest BCUT2D eigenvalue weighted by molar-refractivity contribution is 5.87. The van der Waals surface area contributed by atoms with Gasteiger partial charge in [-0.05, 0) is 36.4 Å². The number of carbonyl (C=O) groups excluding carboxylic acids is 1. The van der Waals surface area contributed by atoms with Crippen LogP contribution in [0.5, 0.6) is 5.75 Å². The number of nitrogens with zero attached hydrogens (tertiary/aromatic N) is 1.